The molecular formula is C26H21F3N6O2. The second-order valence-corrected chi connectivity index (χ2v) is 9.01. The van der Waals surface area contributed by atoms with Gasteiger partial charge in [-0.15, -0.1) is 13.2 Å². The van der Waals surface area contributed by atoms with E-state index >= 15 is 0 Å². The highest BCUT2D eigenvalue weighted by atomic mass is 19.4. The third kappa shape index (κ3) is 3.91. The number of ether oxygens (including phenoxy) is 1. The van der Waals surface area contributed by atoms with E-state index in [-0.39, 0.29) is 17.9 Å². The molecule has 0 fully saturated rings. The van der Waals surface area contributed by atoms with Crippen molar-refractivity contribution in [3.63, 3.8) is 0 Å². The summed E-state index contributed by atoms with van der Waals surface area (Å²) in [4.78, 5) is 18.1. The lowest BCUT2D eigenvalue weighted by atomic mass is 9.95. The summed E-state index contributed by atoms with van der Waals surface area (Å²) in [5.41, 5.74) is 5.47. The molecule has 0 saturated heterocycles. The van der Waals surface area contributed by atoms with Crippen molar-refractivity contribution in [1.29, 1.82) is 0 Å². The molecule has 1 aliphatic rings. The number of carbonyl (C=O) groups excluding carboxylic acids is 1. The summed E-state index contributed by atoms with van der Waals surface area (Å²) in [5, 5.41) is 12.6. The molecule has 1 N–H and O–H groups in total. The van der Waals surface area contributed by atoms with Crippen LogP contribution in [0.1, 0.15) is 28.6 Å². The van der Waals surface area contributed by atoms with Crippen LogP contribution in [0.2, 0.25) is 0 Å². The fraction of sp³-hybridized carbons (Fsp3) is 0.231. The minimum absolute atomic E-state index is 0.0291. The number of benzene rings is 2. The molecule has 5 aromatic rings. The highest BCUT2D eigenvalue weighted by Gasteiger charge is 2.32. The number of amides is 1. The number of carbonyl (C=O) groups is 1. The van der Waals surface area contributed by atoms with Gasteiger partial charge in [-0.05, 0) is 42.7 Å². The van der Waals surface area contributed by atoms with Crippen molar-refractivity contribution in [3.05, 3.63) is 77.4 Å². The lowest BCUT2D eigenvalue weighted by Crippen LogP contribution is -2.37. The van der Waals surface area contributed by atoms with Gasteiger partial charge in [0, 0.05) is 28.2 Å². The quantitative estimate of drug-likeness (QED) is 0.348. The molecule has 11 heteroatoms. The highest BCUT2D eigenvalue weighted by molar-refractivity contribution is 6.08. The fourth-order valence-electron chi connectivity index (χ4n) is 4.93. The zero-order valence-corrected chi connectivity index (χ0v) is 19.9. The van der Waals surface area contributed by atoms with Crippen LogP contribution >= 0.6 is 0 Å². The molecule has 37 heavy (non-hydrogen) atoms. The normalized spacial score (nSPS) is 15.8. The van der Waals surface area contributed by atoms with E-state index in [0.717, 1.165) is 39.3 Å². The van der Waals surface area contributed by atoms with Crippen molar-refractivity contribution in [2.24, 2.45) is 0 Å². The number of para-hydroxylation sites is 1. The minimum atomic E-state index is -4.58. The van der Waals surface area contributed by atoms with Crippen LogP contribution in [0.25, 0.3) is 32.9 Å². The van der Waals surface area contributed by atoms with E-state index in [1.54, 1.807) is 18.2 Å². The van der Waals surface area contributed by atoms with Gasteiger partial charge in [-0.25, -0.2) is 4.79 Å². The molecule has 0 saturated carbocycles. The first-order chi connectivity index (χ1) is 17.7. The van der Waals surface area contributed by atoms with Crippen LogP contribution in [-0.2, 0) is 17.6 Å². The molecule has 0 bridgehead atoms. The van der Waals surface area contributed by atoms with Gasteiger partial charge in [0.05, 0.1) is 42.2 Å². The molecule has 0 radical (unpaired) electrons. The van der Waals surface area contributed by atoms with Crippen LogP contribution in [-0.4, -0.2) is 37.2 Å². The van der Waals surface area contributed by atoms with Gasteiger partial charge in [0.15, 0.2) is 0 Å². The second kappa shape index (κ2) is 8.41. The van der Waals surface area contributed by atoms with E-state index in [0.29, 0.717) is 22.3 Å². The zero-order valence-electron chi connectivity index (χ0n) is 19.9. The van der Waals surface area contributed by atoms with Gasteiger partial charge in [0.1, 0.15) is 0 Å². The Hall–Kier alpha value is -4.25. The summed E-state index contributed by atoms with van der Waals surface area (Å²) in [6.07, 6.45) is -2.47. The summed E-state index contributed by atoms with van der Waals surface area (Å²) in [6, 6.07) is 12.0. The maximum atomic E-state index is 13.5. The average molecular weight is 506 g/mol. The van der Waals surface area contributed by atoms with Gasteiger partial charge < -0.3 is 10.1 Å². The standard InChI is InChI=1S/C26H21F3N6O2/c1-14-23-15(2)33-35(24(23)20-5-3-4-6-21(20)31-14)25(36)32-22-13-37-12-17-9-16(7-8-19(17)22)18-10-30-34(11-18)26(27,28)29/h3-11,22H,12-13H2,1-2H3,(H,32,36). The number of nitrogens with zero attached hydrogens (tertiary/aromatic N) is 5. The number of aryl methyl sites for hydroxylation is 2. The summed E-state index contributed by atoms with van der Waals surface area (Å²) in [5.74, 6) is 0. The summed E-state index contributed by atoms with van der Waals surface area (Å²) < 4.78 is 45.9. The van der Waals surface area contributed by atoms with Crippen molar-refractivity contribution in [2.45, 2.75) is 32.8 Å². The van der Waals surface area contributed by atoms with Crippen LogP contribution in [0, 0.1) is 13.8 Å². The minimum Gasteiger partial charge on any atom is -0.374 e. The lowest BCUT2D eigenvalue weighted by molar-refractivity contribution is -0.212. The van der Waals surface area contributed by atoms with Crippen molar-refractivity contribution >= 4 is 27.8 Å². The smallest absolute Gasteiger partial charge is 0.374 e. The number of fused-ring (bicyclic) bond motifs is 4. The van der Waals surface area contributed by atoms with Gasteiger partial charge in [-0.2, -0.15) is 19.6 Å². The van der Waals surface area contributed by atoms with Crippen LogP contribution in [0.4, 0.5) is 18.0 Å². The first-order valence-corrected chi connectivity index (χ1v) is 11.6. The molecule has 2 aromatic carbocycles. The summed E-state index contributed by atoms with van der Waals surface area (Å²) >= 11 is 0. The number of hydrogen-bond donors (Lipinski definition) is 1. The maximum absolute atomic E-state index is 13.5. The van der Waals surface area contributed by atoms with Gasteiger partial charge in [0.25, 0.3) is 0 Å². The van der Waals surface area contributed by atoms with E-state index in [1.807, 2.05) is 38.1 Å². The van der Waals surface area contributed by atoms with Crippen LogP contribution in [0.3, 0.4) is 0 Å². The lowest BCUT2D eigenvalue weighted by Gasteiger charge is -2.27. The van der Waals surface area contributed by atoms with E-state index in [2.05, 4.69) is 20.5 Å². The van der Waals surface area contributed by atoms with Crippen LogP contribution in [0.15, 0.2) is 54.9 Å². The predicted octanol–water partition coefficient (Wildman–Crippen LogP) is 5.37. The Balaban J connectivity index is 1.33. The number of alkyl halides is 3. The monoisotopic (exact) mass is 506 g/mol. The molecule has 4 heterocycles. The second-order valence-electron chi connectivity index (χ2n) is 9.01. The summed E-state index contributed by atoms with van der Waals surface area (Å²) in [7, 11) is 0. The van der Waals surface area contributed by atoms with Crippen LogP contribution < -0.4 is 5.32 Å². The topological polar surface area (TPSA) is 86.9 Å². The van der Waals surface area contributed by atoms with Crippen LogP contribution in [0.5, 0.6) is 0 Å². The molecule has 188 valence electrons. The van der Waals surface area contributed by atoms with Gasteiger partial charge in [0.2, 0.25) is 0 Å². The Kier molecular flexibility index (Phi) is 5.27. The Bertz CT molecular complexity index is 1690. The zero-order chi connectivity index (χ0) is 25.9. The Morgan fingerprint density at radius 1 is 1.11 bits per heavy atom. The number of pyridine rings is 1. The van der Waals surface area contributed by atoms with E-state index < -0.39 is 18.4 Å². The first-order valence-electron chi connectivity index (χ1n) is 11.6. The number of nitrogens with one attached hydrogen (secondary N) is 1. The van der Waals surface area contributed by atoms with Crippen molar-refractivity contribution < 1.29 is 22.7 Å². The fourth-order valence-corrected chi connectivity index (χ4v) is 4.93. The Morgan fingerprint density at radius 3 is 2.70 bits per heavy atom. The average Bonchev–Trinajstić information content (AvgIpc) is 3.50. The molecule has 1 atom stereocenters. The van der Waals surface area contributed by atoms with E-state index in [1.165, 1.54) is 10.9 Å². The molecule has 1 amide bonds. The van der Waals surface area contributed by atoms with E-state index in [4.69, 9.17) is 4.74 Å². The van der Waals surface area contributed by atoms with Crippen molar-refractivity contribution in [2.75, 3.05) is 6.61 Å². The highest BCUT2D eigenvalue weighted by Crippen LogP contribution is 2.32. The number of aromatic nitrogens is 5. The van der Waals surface area contributed by atoms with Crippen molar-refractivity contribution in [3.8, 4) is 11.1 Å². The van der Waals surface area contributed by atoms with Gasteiger partial charge in [-0.1, -0.05) is 30.3 Å². The molecule has 6 rings (SSSR count). The molecule has 0 aliphatic carbocycles. The van der Waals surface area contributed by atoms with Gasteiger partial charge >= 0.3 is 12.3 Å². The predicted molar refractivity (Wildman–Crippen MR) is 130 cm³/mol. The van der Waals surface area contributed by atoms with E-state index in [9.17, 15) is 18.0 Å². The number of hydrogen-bond acceptors (Lipinski definition) is 5. The van der Waals surface area contributed by atoms with Crippen molar-refractivity contribution in [1.82, 2.24) is 29.9 Å². The third-order valence-corrected chi connectivity index (χ3v) is 6.60. The molecule has 1 aliphatic heterocycles. The number of halogens is 3. The summed E-state index contributed by atoms with van der Waals surface area (Å²) in [6.45, 7) is 4.27. The van der Waals surface area contributed by atoms with Gasteiger partial charge in [-0.3, -0.25) is 4.98 Å². The molecule has 8 nitrogen and oxygen atoms in total. The Morgan fingerprint density at radius 2 is 1.92 bits per heavy atom. The first kappa shape index (κ1) is 23.2. The molecule has 1 unspecified atom stereocenters. The number of rotatable bonds is 2. The largest absolute Gasteiger partial charge is 0.504 e. The molecular weight excluding hydrogens is 485 g/mol. The Labute approximate surface area is 208 Å². The SMILES string of the molecule is Cc1nc2ccccc2c2c1c(C)nn2C(=O)NC1COCc2cc(-c3cnn(C(F)(F)F)c3)ccc21. The molecule has 0 spiro atoms. The molecule has 3 aromatic heterocycles. The third-order valence-electron chi connectivity index (χ3n) is 6.60. The maximum Gasteiger partial charge on any atom is 0.504 e.